The molecular weight excluding hydrogens is 249 g/mol. The third-order valence-electron chi connectivity index (χ3n) is 2.66. The number of nitrogens with one attached hydrogen (secondary N) is 1. The summed E-state index contributed by atoms with van der Waals surface area (Å²) in [5.41, 5.74) is 1.17. The van der Waals surface area contributed by atoms with E-state index in [4.69, 9.17) is 0 Å². The Morgan fingerprint density at radius 3 is 2.72 bits per heavy atom. The van der Waals surface area contributed by atoms with E-state index in [1.807, 2.05) is 19.1 Å². The summed E-state index contributed by atoms with van der Waals surface area (Å²) in [5, 5.41) is 2.80. The number of hydrogen-bond acceptors (Lipinski definition) is 2. The minimum absolute atomic E-state index is 0.238. The molecule has 0 fully saturated rings. The topological polar surface area (TPSA) is 29.1 Å². The van der Waals surface area contributed by atoms with Gasteiger partial charge in [0.1, 0.15) is 5.82 Å². The molecule has 0 saturated carbocycles. The summed E-state index contributed by atoms with van der Waals surface area (Å²) < 4.78 is 13.1. The molecule has 0 spiro atoms. The van der Waals surface area contributed by atoms with E-state index in [9.17, 15) is 9.18 Å². The minimum Gasteiger partial charge on any atom is -0.347 e. The smallest absolute Gasteiger partial charge is 0.251 e. The Labute approximate surface area is 109 Å². The van der Waals surface area contributed by atoms with Crippen LogP contribution in [0.1, 0.15) is 25.7 Å². The van der Waals surface area contributed by atoms with E-state index in [0.29, 0.717) is 12.1 Å². The Kier molecular flexibility index (Phi) is 3.77. The van der Waals surface area contributed by atoms with Crippen LogP contribution in [0.25, 0.3) is 0 Å². The van der Waals surface area contributed by atoms with E-state index < -0.39 is 5.82 Å². The highest BCUT2D eigenvalue weighted by atomic mass is 32.1. The van der Waals surface area contributed by atoms with Crippen LogP contribution in [0.4, 0.5) is 4.39 Å². The van der Waals surface area contributed by atoms with Crippen LogP contribution in [0.15, 0.2) is 30.3 Å². The van der Waals surface area contributed by atoms with Gasteiger partial charge in [-0.2, -0.15) is 0 Å². The zero-order chi connectivity index (χ0) is 13.1. The zero-order valence-electron chi connectivity index (χ0n) is 10.3. The van der Waals surface area contributed by atoms with Crippen LogP contribution in [0.2, 0.25) is 0 Å². The molecule has 1 amide bonds. The predicted octanol–water partition coefficient (Wildman–Crippen LogP) is 3.43. The Morgan fingerprint density at radius 2 is 2.06 bits per heavy atom. The first-order chi connectivity index (χ1) is 8.56. The molecule has 2 nitrogen and oxygen atoms in total. The van der Waals surface area contributed by atoms with E-state index in [-0.39, 0.29) is 5.91 Å². The summed E-state index contributed by atoms with van der Waals surface area (Å²) in [5.74, 6) is -0.629. The van der Waals surface area contributed by atoms with Crippen molar-refractivity contribution in [2.75, 3.05) is 0 Å². The average Bonchev–Trinajstić information content (AvgIpc) is 2.75. The van der Waals surface area contributed by atoms with Crippen molar-refractivity contribution in [2.45, 2.75) is 20.4 Å². The third kappa shape index (κ3) is 2.96. The van der Waals surface area contributed by atoms with E-state index in [1.54, 1.807) is 24.3 Å². The van der Waals surface area contributed by atoms with Crippen LogP contribution >= 0.6 is 11.3 Å². The summed E-state index contributed by atoms with van der Waals surface area (Å²) in [6.07, 6.45) is 0. The lowest BCUT2D eigenvalue weighted by atomic mass is 10.1. The van der Waals surface area contributed by atoms with Gasteiger partial charge in [-0.3, -0.25) is 4.79 Å². The minimum atomic E-state index is -0.391. The van der Waals surface area contributed by atoms with Gasteiger partial charge in [-0.05, 0) is 43.7 Å². The maximum atomic E-state index is 13.1. The molecule has 0 atom stereocenters. The number of rotatable bonds is 3. The summed E-state index contributed by atoms with van der Waals surface area (Å²) >= 11 is 1.64. The standard InChI is InChI=1S/C14H14FNOS/c1-9-3-5-11(15)7-13(9)14(17)16-8-12-6-4-10(2)18-12/h3-7H,8H2,1-2H3,(H,16,17). The number of halogens is 1. The third-order valence-corrected chi connectivity index (χ3v) is 3.66. The first kappa shape index (κ1) is 12.8. The van der Waals surface area contributed by atoms with Gasteiger partial charge >= 0.3 is 0 Å². The molecule has 18 heavy (non-hydrogen) atoms. The summed E-state index contributed by atoms with van der Waals surface area (Å²) in [7, 11) is 0. The van der Waals surface area contributed by atoms with E-state index in [0.717, 1.165) is 10.4 Å². The van der Waals surface area contributed by atoms with E-state index in [2.05, 4.69) is 5.32 Å². The van der Waals surface area contributed by atoms with Crippen molar-refractivity contribution in [3.05, 3.63) is 57.0 Å². The van der Waals surface area contributed by atoms with Crippen LogP contribution in [-0.4, -0.2) is 5.91 Å². The van der Waals surface area contributed by atoms with Crippen LogP contribution < -0.4 is 5.32 Å². The van der Waals surface area contributed by atoms with Gasteiger partial charge in [-0.1, -0.05) is 6.07 Å². The first-order valence-corrected chi connectivity index (χ1v) is 6.47. The van der Waals surface area contributed by atoms with Crippen LogP contribution in [0.3, 0.4) is 0 Å². The summed E-state index contributed by atoms with van der Waals surface area (Å²) in [6, 6.07) is 8.23. The Bertz CT molecular complexity index is 577. The molecule has 0 radical (unpaired) electrons. The second-order valence-corrected chi connectivity index (χ2v) is 5.53. The molecule has 0 aliphatic heterocycles. The number of thiophene rings is 1. The highest BCUT2D eigenvalue weighted by Crippen LogP contribution is 2.15. The fourth-order valence-electron chi connectivity index (χ4n) is 1.68. The fourth-order valence-corrected chi connectivity index (χ4v) is 2.51. The number of benzene rings is 1. The Morgan fingerprint density at radius 1 is 1.28 bits per heavy atom. The lowest BCUT2D eigenvalue weighted by molar-refractivity contribution is 0.0950. The van der Waals surface area contributed by atoms with Crippen LogP contribution in [0, 0.1) is 19.7 Å². The maximum Gasteiger partial charge on any atom is 0.251 e. The summed E-state index contributed by atoms with van der Waals surface area (Å²) in [4.78, 5) is 14.2. The summed E-state index contributed by atoms with van der Waals surface area (Å²) in [6.45, 7) is 4.30. The highest BCUT2D eigenvalue weighted by Gasteiger charge is 2.10. The lowest BCUT2D eigenvalue weighted by Gasteiger charge is -2.06. The van der Waals surface area contributed by atoms with Gasteiger partial charge < -0.3 is 5.32 Å². The van der Waals surface area contributed by atoms with Crippen LogP contribution in [-0.2, 0) is 6.54 Å². The second kappa shape index (κ2) is 5.31. The van der Waals surface area contributed by atoms with Crippen molar-refractivity contribution < 1.29 is 9.18 Å². The molecule has 0 unspecified atom stereocenters. The number of aryl methyl sites for hydroxylation is 2. The van der Waals surface area contributed by atoms with Gasteiger partial charge in [0.05, 0.1) is 6.54 Å². The van der Waals surface area contributed by atoms with Crippen molar-refractivity contribution in [2.24, 2.45) is 0 Å². The first-order valence-electron chi connectivity index (χ1n) is 5.66. The van der Waals surface area contributed by atoms with Crippen molar-refractivity contribution in [3.8, 4) is 0 Å². The molecule has 1 aromatic heterocycles. The van der Waals surface area contributed by atoms with Crippen molar-refractivity contribution in [1.29, 1.82) is 0 Å². The number of carbonyl (C=O) groups excluding carboxylic acids is 1. The van der Waals surface area contributed by atoms with Crippen molar-refractivity contribution in [1.82, 2.24) is 5.32 Å². The van der Waals surface area contributed by atoms with Gasteiger partial charge in [0.25, 0.3) is 5.91 Å². The van der Waals surface area contributed by atoms with Gasteiger partial charge in [0.15, 0.2) is 0 Å². The molecule has 1 N–H and O–H groups in total. The molecule has 1 aromatic carbocycles. The maximum absolute atomic E-state index is 13.1. The molecule has 2 rings (SSSR count). The molecule has 0 bridgehead atoms. The lowest BCUT2D eigenvalue weighted by Crippen LogP contribution is -2.23. The second-order valence-electron chi connectivity index (χ2n) is 4.15. The molecule has 0 aliphatic carbocycles. The van der Waals surface area contributed by atoms with Crippen LogP contribution in [0.5, 0.6) is 0 Å². The normalized spacial score (nSPS) is 10.4. The fraction of sp³-hybridized carbons (Fsp3) is 0.214. The predicted molar refractivity (Wildman–Crippen MR) is 71.4 cm³/mol. The van der Waals surface area contributed by atoms with Gasteiger partial charge in [-0.25, -0.2) is 4.39 Å². The van der Waals surface area contributed by atoms with Gasteiger partial charge in [0, 0.05) is 15.3 Å². The number of hydrogen-bond donors (Lipinski definition) is 1. The molecular formula is C14H14FNOS. The number of amides is 1. The Balaban J connectivity index is 2.05. The van der Waals surface area contributed by atoms with Gasteiger partial charge in [-0.15, -0.1) is 11.3 Å². The monoisotopic (exact) mass is 263 g/mol. The Hall–Kier alpha value is -1.68. The molecule has 2 aromatic rings. The highest BCUT2D eigenvalue weighted by molar-refractivity contribution is 7.11. The number of carbonyl (C=O) groups is 1. The van der Waals surface area contributed by atoms with E-state index >= 15 is 0 Å². The van der Waals surface area contributed by atoms with Crippen molar-refractivity contribution >= 4 is 17.2 Å². The molecule has 94 valence electrons. The SMILES string of the molecule is Cc1ccc(CNC(=O)c2cc(F)ccc2C)s1. The average molecular weight is 263 g/mol. The zero-order valence-corrected chi connectivity index (χ0v) is 11.1. The van der Waals surface area contributed by atoms with E-state index in [1.165, 1.54) is 17.0 Å². The molecule has 0 aliphatic rings. The quantitative estimate of drug-likeness (QED) is 0.903. The molecule has 0 saturated heterocycles. The molecule has 1 heterocycles. The largest absolute Gasteiger partial charge is 0.347 e. The molecule has 4 heteroatoms. The van der Waals surface area contributed by atoms with Gasteiger partial charge in [0.2, 0.25) is 0 Å². The van der Waals surface area contributed by atoms with Crippen molar-refractivity contribution in [3.63, 3.8) is 0 Å².